The van der Waals surface area contributed by atoms with E-state index < -0.39 is 0 Å². The molecule has 16 heavy (non-hydrogen) atoms. The third-order valence-electron chi connectivity index (χ3n) is 3.67. The monoisotopic (exact) mass is 238 g/mol. The first-order chi connectivity index (χ1) is 7.70. The average Bonchev–Trinajstić information content (AvgIpc) is 2.80. The molecule has 2 heterocycles. The van der Waals surface area contributed by atoms with Crippen LogP contribution in [0.3, 0.4) is 0 Å². The second kappa shape index (κ2) is 5.30. The van der Waals surface area contributed by atoms with Crippen molar-refractivity contribution in [2.45, 2.75) is 44.7 Å². The summed E-state index contributed by atoms with van der Waals surface area (Å²) in [6.07, 6.45) is 2.36. The molecule has 1 aliphatic heterocycles. The molecule has 1 aliphatic rings. The average molecular weight is 238 g/mol. The van der Waals surface area contributed by atoms with Crippen molar-refractivity contribution in [2.24, 2.45) is 5.73 Å². The van der Waals surface area contributed by atoms with Crippen LogP contribution in [0, 0.1) is 0 Å². The van der Waals surface area contributed by atoms with Crippen LogP contribution in [-0.4, -0.2) is 30.1 Å². The summed E-state index contributed by atoms with van der Waals surface area (Å²) in [6, 6.07) is 5.40. The fourth-order valence-corrected chi connectivity index (χ4v) is 3.36. The summed E-state index contributed by atoms with van der Waals surface area (Å²) in [7, 11) is 0. The van der Waals surface area contributed by atoms with E-state index in [0.29, 0.717) is 18.0 Å². The maximum Gasteiger partial charge on any atom is 0.0174 e. The van der Waals surface area contributed by atoms with Gasteiger partial charge >= 0.3 is 0 Å². The Labute approximate surface area is 102 Å². The molecule has 3 atom stereocenters. The van der Waals surface area contributed by atoms with Crippen molar-refractivity contribution in [3.63, 3.8) is 0 Å². The summed E-state index contributed by atoms with van der Waals surface area (Å²) in [5, 5.41) is 2.17. The normalized spacial score (nSPS) is 29.2. The van der Waals surface area contributed by atoms with E-state index in [1.807, 2.05) is 11.3 Å². The molecule has 1 aromatic heterocycles. The molecule has 0 aliphatic carbocycles. The van der Waals surface area contributed by atoms with Crippen molar-refractivity contribution in [1.82, 2.24) is 4.90 Å². The predicted molar refractivity (Wildman–Crippen MR) is 71.0 cm³/mol. The van der Waals surface area contributed by atoms with Crippen LogP contribution < -0.4 is 5.73 Å². The van der Waals surface area contributed by atoms with Gasteiger partial charge < -0.3 is 5.73 Å². The Morgan fingerprint density at radius 1 is 1.56 bits per heavy atom. The van der Waals surface area contributed by atoms with Gasteiger partial charge in [0.25, 0.3) is 0 Å². The summed E-state index contributed by atoms with van der Waals surface area (Å²) in [4.78, 5) is 4.06. The van der Waals surface area contributed by atoms with Gasteiger partial charge in [0.15, 0.2) is 0 Å². The van der Waals surface area contributed by atoms with E-state index in [1.165, 1.54) is 17.8 Å². The van der Waals surface area contributed by atoms with Gasteiger partial charge in [0.05, 0.1) is 0 Å². The number of rotatable bonds is 3. The van der Waals surface area contributed by atoms with Crippen LogP contribution in [0.25, 0.3) is 0 Å². The number of likely N-dealkylation sites (tertiary alicyclic amines) is 1. The Balaban J connectivity index is 2.05. The predicted octanol–water partition coefficient (Wildman–Crippen LogP) is 2.66. The van der Waals surface area contributed by atoms with Crippen LogP contribution in [0.4, 0.5) is 0 Å². The summed E-state index contributed by atoms with van der Waals surface area (Å²) >= 11 is 1.87. The first-order valence-corrected chi connectivity index (χ1v) is 7.11. The minimum atomic E-state index is 0.342. The van der Waals surface area contributed by atoms with Crippen LogP contribution in [-0.2, 0) is 0 Å². The first-order valence-electron chi connectivity index (χ1n) is 6.23. The number of hydrogen-bond donors (Lipinski definition) is 1. The molecular weight excluding hydrogens is 216 g/mol. The summed E-state index contributed by atoms with van der Waals surface area (Å²) in [5.41, 5.74) is 6.18. The van der Waals surface area contributed by atoms with Gasteiger partial charge in [-0.05, 0) is 31.2 Å². The molecule has 0 radical (unpaired) electrons. The largest absolute Gasteiger partial charge is 0.327 e. The SMILES string of the molecule is CCC(C)N1CC(N)CC(c2cccs2)C1. The Morgan fingerprint density at radius 3 is 3.00 bits per heavy atom. The van der Waals surface area contributed by atoms with Crippen LogP contribution in [0.5, 0.6) is 0 Å². The highest BCUT2D eigenvalue weighted by Gasteiger charge is 2.28. The molecule has 3 heteroatoms. The highest BCUT2D eigenvalue weighted by molar-refractivity contribution is 7.10. The van der Waals surface area contributed by atoms with Gasteiger partial charge in [0.1, 0.15) is 0 Å². The molecule has 0 amide bonds. The maximum absolute atomic E-state index is 6.18. The van der Waals surface area contributed by atoms with Crippen LogP contribution in [0.1, 0.15) is 37.5 Å². The minimum Gasteiger partial charge on any atom is -0.327 e. The number of nitrogens with zero attached hydrogens (tertiary/aromatic N) is 1. The van der Waals surface area contributed by atoms with Crippen LogP contribution >= 0.6 is 11.3 Å². The fraction of sp³-hybridized carbons (Fsp3) is 0.692. The number of piperidine rings is 1. The third kappa shape index (κ3) is 2.65. The first kappa shape index (κ1) is 12.1. The molecule has 90 valence electrons. The second-order valence-electron chi connectivity index (χ2n) is 4.92. The number of hydrogen-bond acceptors (Lipinski definition) is 3. The van der Waals surface area contributed by atoms with Gasteiger partial charge in [-0.2, -0.15) is 0 Å². The zero-order valence-electron chi connectivity index (χ0n) is 10.2. The van der Waals surface area contributed by atoms with Gasteiger partial charge in [0.2, 0.25) is 0 Å². The maximum atomic E-state index is 6.18. The molecule has 2 nitrogen and oxygen atoms in total. The highest BCUT2D eigenvalue weighted by atomic mass is 32.1. The number of thiophene rings is 1. The van der Waals surface area contributed by atoms with E-state index >= 15 is 0 Å². The Morgan fingerprint density at radius 2 is 2.38 bits per heavy atom. The van der Waals surface area contributed by atoms with E-state index in [9.17, 15) is 0 Å². The molecule has 0 spiro atoms. The van der Waals surface area contributed by atoms with Crippen molar-refractivity contribution in [3.8, 4) is 0 Å². The molecule has 2 N–H and O–H groups in total. The van der Waals surface area contributed by atoms with Crippen molar-refractivity contribution in [2.75, 3.05) is 13.1 Å². The third-order valence-corrected chi connectivity index (χ3v) is 4.71. The Kier molecular flexibility index (Phi) is 4.00. The quantitative estimate of drug-likeness (QED) is 0.877. The molecule has 0 aromatic carbocycles. The lowest BCUT2D eigenvalue weighted by Gasteiger charge is -2.39. The molecule has 2 rings (SSSR count). The van der Waals surface area contributed by atoms with Crippen molar-refractivity contribution in [1.29, 1.82) is 0 Å². The van der Waals surface area contributed by atoms with E-state index in [0.717, 1.165) is 13.0 Å². The lowest BCUT2D eigenvalue weighted by Crippen LogP contribution is -2.49. The van der Waals surface area contributed by atoms with Crippen LogP contribution in [0.2, 0.25) is 0 Å². The Bertz CT molecular complexity index is 310. The van der Waals surface area contributed by atoms with Crippen LogP contribution in [0.15, 0.2) is 17.5 Å². The molecule has 0 bridgehead atoms. The smallest absolute Gasteiger partial charge is 0.0174 e. The van der Waals surface area contributed by atoms with Crippen molar-refractivity contribution < 1.29 is 0 Å². The van der Waals surface area contributed by atoms with E-state index in [1.54, 1.807) is 0 Å². The van der Waals surface area contributed by atoms with E-state index in [2.05, 4.69) is 36.3 Å². The minimum absolute atomic E-state index is 0.342. The summed E-state index contributed by atoms with van der Waals surface area (Å²) in [5.74, 6) is 0.651. The number of nitrogens with two attached hydrogens (primary N) is 1. The summed E-state index contributed by atoms with van der Waals surface area (Å²) in [6.45, 7) is 6.81. The van der Waals surface area contributed by atoms with Crippen molar-refractivity contribution in [3.05, 3.63) is 22.4 Å². The summed E-state index contributed by atoms with van der Waals surface area (Å²) < 4.78 is 0. The van der Waals surface area contributed by atoms with Gasteiger partial charge in [-0.15, -0.1) is 11.3 Å². The van der Waals surface area contributed by atoms with Gasteiger partial charge in [-0.3, -0.25) is 4.90 Å². The highest BCUT2D eigenvalue weighted by Crippen LogP contribution is 2.30. The van der Waals surface area contributed by atoms with Gasteiger partial charge in [0, 0.05) is 36.0 Å². The van der Waals surface area contributed by atoms with Crippen molar-refractivity contribution >= 4 is 11.3 Å². The lowest BCUT2D eigenvalue weighted by atomic mass is 9.92. The standard InChI is InChI=1S/C13H22N2S/c1-3-10(2)15-8-11(7-12(14)9-15)13-5-4-6-16-13/h4-6,10-12H,3,7-9,14H2,1-2H3. The van der Waals surface area contributed by atoms with E-state index in [-0.39, 0.29) is 0 Å². The molecule has 1 aromatic rings. The molecule has 1 fully saturated rings. The topological polar surface area (TPSA) is 29.3 Å². The second-order valence-corrected chi connectivity index (χ2v) is 5.90. The molecular formula is C13H22N2S. The molecule has 3 unspecified atom stereocenters. The molecule has 1 saturated heterocycles. The Hall–Kier alpha value is -0.380. The zero-order chi connectivity index (χ0) is 11.5. The lowest BCUT2D eigenvalue weighted by molar-refractivity contribution is 0.141. The van der Waals surface area contributed by atoms with Gasteiger partial charge in [-0.1, -0.05) is 13.0 Å². The fourth-order valence-electron chi connectivity index (χ4n) is 2.52. The van der Waals surface area contributed by atoms with E-state index in [4.69, 9.17) is 5.73 Å². The van der Waals surface area contributed by atoms with Gasteiger partial charge in [-0.25, -0.2) is 0 Å². The zero-order valence-corrected chi connectivity index (χ0v) is 11.0. The molecule has 0 saturated carbocycles.